The van der Waals surface area contributed by atoms with Gasteiger partial charge in [0.2, 0.25) is 5.01 Å². The van der Waals surface area contributed by atoms with Crippen molar-refractivity contribution in [2.24, 2.45) is 5.84 Å². The first-order valence-electron chi connectivity index (χ1n) is 2.55. The Morgan fingerprint density at radius 1 is 1.80 bits per heavy atom. The van der Waals surface area contributed by atoms with Crippen molar-refractivity contribution < 1.29 is 4.79 Å². The van der Waals surface area contributed by atoms with Gasteiger partial charge in [-0.2, -0.15) is 4.37 Å². The standard InChI is InChI=1S/C4H6N4OS/c1-2-6-4(10-8-2)3(9)7-5/h5H2,1H3,(H,7,9). The van der Waals surface area contributed by atoms with E-state index < -0.39 is 5.91 Å². The second-order valence-corrected chi connectivity index (χ2v) is 2.37. The first-order valence-corrected chi connectivity index (χ1v) is 3.32. The average Bonchev–Trinajstić information content (AvgIpc) is 2.34. The van der Waals surface area contributed by atoms with Crippen LogP contribution in [0.15, 0.2) is 0 Å². The fourth-order valence-corrected chi connectivity index (χ4v) is 1.03. The molecule has 1 aromatic rings. The van der Waals surface area contributed by atoms with Crippen LogP contribution in [0.5, 0.6) is 0 Å². The van der Waals surface area contributed by atoms with E-state index in [0.717, 1.165) is 11.5 Å². The number of amides is 1. The third-order valence-corrected chi connectivity index (χ3v) is 1.66. The number of nitrogen functional groups attached to an aromatic ring is 1. The highest BCUT2D eigenvalue weighted by Crippen LogP contribution is 2.01. The van der Waals surface area contributed by atoms with E-state index in [1.54, 1.807) is 6.92 Å². The highest BCUT2D eigenvalue weighted by Gasteiger charge is 2.07. The Balaban J connectivity index is 2.85. The molecule has 6 heteroatoms. The molecule has 1 aromatic heterocycles. The predicted octanol–water partition coefficient (Wildman–Crippen LogP) is -0.550. The zero-order valence-corrected chi connectivity index (χ0v) is 6.10. The van der Waals surface area contributed by atoms with Gasteiger partial charge in [-0.05, 0) is 18.5 Å². The SMILES string of the molecule is Cc1nsc(C(=O)NN)n1. The van der Waals surface area contributed by atoms with Crippen molar-refractivity contribution >= 4 is 17.4 Å². The molecular formula is C4H6N4OS. The second kappa shape index (κ2) is 2.72. The number of nitrogens with zero attached hydrogens (tertiary/aromatic N) is 2. The van der Waals surface area contributed by atoms with Gasteiger partial charge in [-0.1, -0.05) is 0 Å². The maximum absolute atomic E-state index is 10.7. The summed E-state index contributed by atoms with van der Waals surface area (Å²) in [6.07, 6.45) is 0. The van der Waals surface area contributed by atoms with Gasteiger partial charge < -0.3 is 0 Å². The molecular weight excluding hydrogens is 152 g/mol. The smallest absolute Gasteiger partial charge is 0.288 e. The molecule has 3 N–H and O–H groups in total. The van der Waals surface area contributed by atoms with Crippen LogP contribution in [-0.2, 0) is 0 Å². The highest BCUT2D eigenvalue weighted by molar-refractivity contribution is 7.07. The largest absolute Gasteiger partial charge is 0.295 e. The van der Waals surface area contributed by atoms with Crippen LogP contribution in [-0.4, -0.2) is 15.3 Å². The minimum atomic E-state index is -0.398. The zero-order valence-electron chi connectivity index (χ0n) is 5.29. The minimum absolute atomic E-state index is 0.292. The molecule has 0 unspecified atom stereocenters. The van der Waals surface area contributed by atoms with E-state index >= 15 is 0 Å². The molecule has 0 saturated carbocycles. The Morgan fingerprint density at radius 3 is 2.90 bits per heavy atom. The summed E-state index contributed by atoms with van der Waals surface area (Å²) >= 11 is 1.03. The van der Waals surface area contributed by atoms with Gasteiger partial charge in [0.1, 0.15) is 5.82 Å². The van der Waals surface area contributed by atoms with Crippen molar-refractivity contribution in [2.75, 3.05) is 0 Å². The van der Waals surface area contributed by atoms with E-state index in [4.69, 9.17) is 5.84 Å². The van der Waals surface area contributed by atoms with Crippen LogP contribution in [0.25, 0.3) is 0 Å². The van der Waals surface area contributed by atoms with Crippen LogP contribution in [0.2, 0.25) is 0 Å². The molecule has 1 amide bonds. The van der Waals surface area contributed by atoms with E-state index in [1.807, 2.05) is 5.43 Å². The second-order valence-electron chi connectivity index (χ2n) is 1.62. The summed E-state index contributed by atoms with van der Waals surface area (Å²) in [6.45, 7) is 1.71. The van der Waals surface area contributed by atoms with Crippen molar-refractivity contribution in [3.05, 3.63) is 10.8 Å². The lowest BCUT2D eigenvalue weighted by Crippen LogP contribution is -2.29. The van der Waals surface area contributed by atoms with Gasteiger partial charge in [0, 0.05) is 0 Å². The summed E-state index contributed by atoms with van der Waals surface area (Å²) < 4.78 is 3.80. The third kappa shape index (κ3) is 1.28. The zero-order chi connectivity index (χ0) is 7.56. The molecule has 1 rings (SSSR count). The summed E-state index contributed by atoms with van der Waals surface area (Å²) in [6, 6.07) is 0. The molecule has 0 aliphatic heterocycles. The molecule has 0 saturated heterocycles. The Kier molecular flexibility index (Phi) is 1.93. The number of hydrogen-bond donors (Lipinski definition) is 2. The van der Waals surface area contributed by atoms with Gasteiger partial charge in [-0.3, -0.25) is 10.2 Å². The summed E-state index contributed by atoms with van der Waals surface area (Å²) in [7, 11) is 0. The van der Waals surface area contributed by atoms with Crippen LogP contribution in [0.4, 0.5) is 0 Å². The Labute approximate surface area is 61.4 Å². The lowest BCUT2D eigenvalue weighted by molar-refractivity contribution is 0.0953. The topological polar surface area (TPSA) is 80.9 Å². The van der Waals surface area contributed by atoms with E-state index in [9.17, 15) is 4.79 Å². The molecule has 0 bridgehead atoms. The molecule has 54 valence electrons. The first-order chi connectivity index (χ1) is 4.74. The molecule has 10 heavy (non-hydrogen) atoms. The lowest BCUT2D eigenvalue weighted by Gasteiger charge is -1.88. The normalized spacial score (nSPS) is 9.40. The van der Waals surface area contributed by atoms with Crippen LogP contribution >= 0.6 is 11.5 Å². The lowest BCUT2D eigenvalue weighted by atomic mass is 10.6. The van der Waals surface area contributed by atoms with Crippen LogP contribution < -0.4 is 11.3 Å². The fourth-order valence-electron chi connectivity index (χ4n) is 0.451. The van der Waals surface area contributed by atoms with Crippen molar-refractivity contribution in [1.82, 2.24) is 14.8 Å². The van der Waals surface area contributed by atoms with Gasteiger partial charge in [0.05, 0.1) is 0 Å². The predicted molar refractivity (Wildman–Crippen MR) is 36.3 cm³/mol. The number of rotatable bonds is 1. The molecule has 0 spiro atoms. The van der Waals surface area contributed by atoms with E-state index in [2.05, 4.69) is 9.36 Å². The average molecular weight is 158 g/mol. The number of nitrogens with one attached hydrogen (secondary N) is 1. The van der Waals surface area contributed by atoms with Crippen molar-refractivity contribution in [1.29, 1.82) is 0 Å². The molecule has 5 nitrogen and oxygen atoms in total. The number of carbonyl (C=O) groups excluding carboxylic acids is 1. The van der Waals surface area contributed by atoms with Gasteiger partial charge >= 0.3 is 0 Å². The van der Waals surface area contributed by atoms with Crippen LogP contribution in [0.1, 0.15) is 15.6 Å². The number of aromatic nitrogens is 2. The molecule has 0 aliphatic carbocycles. The molecule has 0 atom stereocenters. The number of hydrogen-bond acceptors (Lipinski definition) is 5. The van der Waals surface area contributed by atoms with Crippen LogP contribution in [0, 0.1) is 6.92 Å². The van der Waals surface area contributed by atoms with Gasteiger partial charge in [-0.15, -0.1) is 0 Å². The van der Waals surface area contributed by atoms with Gasteiger partial charge in [0.15, 0.2) is 0 Å². The molecule has 0 aromatic carbocycles. The van der Waals surface area contributed by atoms with Crippen molar-refractivity contribution in [2.45, 2.75) is 6.92 Å². The molecule has 0 aliphatic rings. The molecule has 1 heterocycles. The van der Waals surface area contributed by atoms with Crippen molar-refractivity contribution in [3.63, 3.8) is 0 Å². The third-order valence-electron chi connectivity index (χ3n) is 0.853. The number of hydrazine groups is 1. The van der Waals surface area contributed by atoms with E-state index in [1.165, 1.54) is 0 Å². The van der Waals surface area contributed by atoms with E-state index in [0.29, 0.717) is 10.8 Å². The van der Waals surface area contributed by atoms with Crippen molar-refractivity contribution in [3.8, 4) is 0 Å². The van der Waals surface area contributed by atoms with E-state index in [-0.39, 0.29) is 0 Å². The molecule has 0 radical (unpaired) electrons. The number of carbonyl (C=O) groups is 1. The maximum atomic E-state index is 10.7. The van der Waals surface area contributed by atoms with Gasteiger partial charge in [0.25, 0.3) is 5.91 Å². The maximum Gasteiger partial charge on any atom is 0.295 e. The summed E-state index contributed by atoms with van der Waals surface area (Å²) in [4.78, 5) is 14.5. The first kappa shape index (κ1) is 7.10. The number of aryl methyl sites for hydroxylation is 1. The van der Waals surface area contributed by atoms with Crippen LogP contribution in [0.3, 0.4) is 0 Å². The quantitative estimate of drug-likeness (QED) is 0.326. The monoisotopic (exact) mass is 158 g/mol. The Hall–Kier alpha value is -1.01. The Morgan fingerprint density at radius 2 is 2.50 bits per heavy atom. The Bertz CT molecular complexity index is 245. The molecule has 0 fully saturated rings. The summed E-state index contributed by atoms with van der Waals surface area (Å²) in [5.74, 6) is 5.04. The summed E-state index contributed by atoms with van der Waals surface area (Å²) in [5, 5.41) is 0.292. The summed E-state index contributed by atoms with van der Waals surface area (Å²) in [5.41, 5.74) is 1.96. The highest BCUT2D eigenvalue weighted by atomic mass is 32.1. The fraction of sp³-hybridized carbons (Fsp3) is 0.250. The minimum Gasteiger partial charge on any atom is -0.288 e. The number of nitrogens with two attached hydrogens (primary N) is 1. The van der Waals surface area contributed by atoms with Gasteiger partial charge in [-0.25, -0.2) is 10.8 Å².